The first-order valence-electron chi connectivity index (χ1n) is 4.00. The Morgan fingerprint density at radius 2 is 2.10 bits per heavy atom. The lowest BCUT2D eigenvalue weighted by molar-refractivity contribution is 0.138. The van der Waals surface area contributed by atoms with Crippen LogP contribution in [0.2, 0.25) is 0 Å². The predicted molar refractivity (Wildman–Crippen MR) is 45.2 cm³/mol. The maximum absolute atomic E-state index is 5.31. The minimum Gasteiger partial charge on any atom is -0.381 e. The van der Waals surface area contributed by atoms with Gasteiger partial charge in [0.2, 0.25) is 0 Å². The van der Waals surface area contributed by atoms with E-state index in [0.29, 0.717) is 0 Å². The summed E-state index contributed by atoms with van der Waals surface area (Å²) in [7, 11) is 0. The van der Waals surface area contributed by atoms with Gasteiger partial charge in [-0.1, -0.05) is 18.6 Å². The van der Waals surface area contributed by atoms with Crippen molar-refractivity contribution in [2.24, 2.45) is 0 Å². The van der Waals surface area contributed by atoms with Crippen molar-refractivity contribution in [2.45, 2.75) is 33.6 Å². The van der Waals surface area contributed by atoms with Crippen LogP contribution in [0.15, 0.2) is 11.6 Å². The lowest BCUT2D eigenvalue weighted by Gasteiger charge is -2.01. The van der Waals surface area contributed by atoms with Gasteiger partial charge in [0, 0.05) is 6.61 Å². The quantitative estimate of drug-likeness (QED) is 0.423. The second-order valence-electron chi connectivity index (χ2n) is 2.50. The number of rotatable bonds is 5. The van der Waals surface area contributed by atoms with Crippen LogP contribution in [0.4, 0.5) is 0 Å². The third-order valence-corrected chi connectivity index (χ3v) is 1.48. The van der Waals surface area contributed by atoms with Crippen molar-refractivity contribution in [3.05, 3.63) is 11.6 Å². The van der Waals surface area contributed by atoms with Gasteiger partial charge >= 0.3 is 0 Å². The largest absolute Gasteiger partial charge is 0.381 e. The van der Waals surface area contributed by atoms with E-state index in [2.05, 4.69) is 26.8 Å². The van der Waals surface area contributed by atoms with Crippen LogP contribution in [-0.2, 0) is 4.74 Å². The second kappa shape index (κ2) is 6.81. The molecule has 1 heteroatoms. The molecule has 0 unspecified atom stereocenters. The summed E-state index contributed by atoms with van der Waals surface area (Å²) < 4.78 is 5.31. The Morgan fingerprint density at radius 1 is 1.40 bits per heavy atom. The minimum atomic E-state index is 0.879. The fraction of sp³-hybridized carbons (Fsp3) is 0.778. The average molecular weight is 142 g/mol. The van der Waals surface area contributed by atoms with Crippen LogP contribution < -0.4 is 0 Å². The third-order valence-electron chi connectivity index (χ3n) is 1.48. The van der Waals surface area contributed by atoms with Crippen LogP contribution in [0.25, 0.3) is 0 Å². The van der Waals surface area contributed by atoms with E-state index in [-0.39, 0.29) is 0 Å². The summed E-state index contributed by atoms with van der Waals surface area (Å²) in [5.41, 5.74) is 1.41. The van der Waals surface area contributed by atoms with Crippen LogP contribution >= 0.6 is 0 Å². The molecule has 60 valence electrons. The van der Waals surface area contributed by atoms with E-state index in [1.807, 2.05) is 0 Å². The van der Waals surface area contributed by atoms with Gasteiger partial charge in [0.25, 0.3) is 0 Å². The van der Waals surface area contributed by atoms with Gasteiger partial charge in [0.05, 0.1) is 6.61 Å². The first-order chi connectivity index (χ1) is 4.81. The highest BCUT2D eigenvalue weighted by molar-refractivity contribution is 4.94. The van der Waals surface area contributed by atoms with Crippen LogP contribution in [0.5, 0.6) is 0 Å². The summed E-state index contributed by atoms with van der Waals surface area (Å²) in [5, 5.41) is 0. The molecule has 1 nitrogen and oxygen atoms in total. The molecule has 0 aromatic rings. The zero-order valence-corrected chi connectivity index (χ0v) is 7.31. The van der Waals surface area contributed by atoms with Crippen molar-refractivity contribution in [3.63, 3.8) is 0 Å². The SMILES string of the molecule is C/C=C(\C)CCOCCC. The summed E-state index contributed by atoms with van der Waals surface area (Å²) in [4.78, 5) is 0. The van der Waals surface area contributed by atoms with Gasteiger partial charge in [0.1, 0.15) is 0 Å². The van der Waals surface area contributed by atoms with Crippen molar-refractivity contribution >= 4 is 0 Å². The Balaban J connectivity index is 3.04. The van der Waals surface area contributed by atoms with Gasteiger partial charge in [-0.3, -0.25) is 0 Å². The number of allylic oxidation sites excluding steroid dienone is 1. The molecule has 0 spiro atoms. The van der Waals surface area contributed by atoms with Gasteiger partial charge < -0.3 is 4.74 Å². The van der Waals surface area contributed by atoms with Gasteiger partial charge in [-0.25, -0.2) is 0 Å². The minimum absolute atomic E-state index is 0.879. The molecule has 0 saturated carbocycles. The summed E-state index contributed by atoms with van der Waals surface area (Å²) >= 11 is 0. The van der Waals surface area contributed by atoms with Crippen LogP contribution in [-0.4, -0.2) is 13.2 Å². The second-order valence-corrected chi connectivity index (χ2v) is 2.50. The molecule has 0 saturated heterocycles. The van der Waals surface area contributed by atoms with E-state index < -0.39 is 0 Å². The summed E-state index contributed by atoms with van der Waals surface area (Å²) in [6.07, 6.45) is 4.33. The highest BCUT2D eigenvalue weighted by Crippen LogP contribution is 1.98. The zero-order chi connectivity index (χ0) is 7.82. The maximum atomic E-state index is 5.31. The number of ether oxygens (including phenoxy) is 1. The maximum Gasteiger partial charge on any atom is 0.0503 e. The highest BCUT2D eigenvalue weighted by atomic mass is 16.5. The molecule has 0 aliphatic carbocycles. The van der Waals surface area contributed by atoms with Crippen LogP contribution in [0.1, 0.15) is 33.6 Å². The predicted octanol–water partition coefficient (Wildman–Crippen LogP) is 2.77. The molecule has 0 aromatic carbocycles. The molecule has 0 atom stereocenters. The lowest BCUT2D eigenvalue weighted by atomic mass is 10.2. The van der Waals surface area contributed by atoms with Gasteiger partial charge in [-0.05, 0) is 26.7 Å². The third kappa shape index (κ3) is 5.83. The summed E-state index contributed by atoms with van der Waals surface area (Å²) in [6.45, 7) is 8.11. The zero-order valence-electron chi connectivity index (χ0n) is 7.31. The van der Waals surface area contributed by atoms with Crippen molar-refractivity contribution in [1.82, 2.24) is 0 Å². The Labute approximate surface area is 64.1 Å². The van der Waals surface area contributed by atoms with E-state index in [0.717, 1.165) is 26.1 Å². The van der Waals surface area contributed by atoms with Gasteiger partial charge in [0.15, 0.2) is 0 Å². The molecule has 10 heavy (non-hydrogen) atoms. The molecule has 0 aliphatic heterocycles. The first-order valence-corrected chi connectivity index (χ1v) is 4.00. The van der Waals surface area contributed by atoms with Crippen LogP contribution in [0.3, 0.4) is 0 Å². The van der Waals surface area contributed by atoms with Crippen LogP contribution in [0, 0.1) is 0 Å². The molecule has 0 aliphatic rings. The molecular formula is C9H18O. The fourth-order valence-electron chi connectivity index (χ4n) is 0.624. The van der Waals surface area contributed by atoms with E-state index in [1.165, 1.54) is 5.57 Å². The molecule has 0 heterocycles. The summed E-state index contributed by atoms with van der Waals surface area (Å²) in [6, 6.07) is 0. The smallest absolute Gasteiger partial charge is 0.0503 e. The normalized spacial score (nSPS) is 12.1. The van der Waals surface area contributed by atoms with Crippen molar-refractivity contribution in [2.75, 3.05) is 13.2 Å². The Kier molecular flexibility index (Phi) is 6.61. The standard InChI is InChI=1S/C9H18O/c1-4-7-10-8-6-9(3)5-2/h5H,4,6-8H2,1-3H3/b9-5+. The topological polar surface area (TPSA) is 9.23 Å². The average Bonchev–Trinajstić information content (AvgIpc) is 1.98. The van der Waals surface area contributed by atoms with Crippen molar-refractivity contribution in [1.29, 1.82) is 0 Å². The molecule has 0 amide bonds. The summed E-state index contributed by atoms with van der Waals surface area (Å²) in [5.74, 6) is 0. The van der Waals surface area contributed by atoms with E-state index in [9.17, 15) is 0 Å². The Morgan fingerprint density at radius 3 is 2.60 bits per heavy atom. The van der Waals surface area contributed by atoms with E-state index in [1.54, 1.807) is 0 Å². The van der Waals surface area contributed by atoms with Gasteiger partial charge in [-0.15, -0.1) is 0 Å². The molecule has 0 radical (unpaired) electrons. The Hall–Kier alpha value is -0.300. The lowest BCUT2D eigenvalue weighted by Crippen LogP contribution is -1.95. The molecule has 0 rings (SSSR count). The number of hydrogen-bond donors (Lipinski definition) is 0. The fourth-order valence-corrected chi connectivity index (χ4v) is 0.624. The number of hydrogen-bond acceptors (Lipinski definition) is 1. The van der Waals surface area contributed by atoms with Crippen molar-refractivity contribution in [3.8, 4) is 0 Å². The van der Waals surface area contributed by atoms with Crippen molar-refractivity contribution < 1.29 is 4.74 Å². The highest BCUT2D eigenvalue weighted by Gasteiger charge is 1.87. The van der Waals surface area contributed by atoms with E-state index >= 15 is 0 Å². The Bertz CT molecular complexity index is 94.9. The monoisotopic (exact) mass is 142 g/mol. The first kappa shape index (κ1) is 9.70. The van der Waals surface area contributed by atoms with Gasteiger partial charge in [-0.2, -0.15) is 0 Å². The molecule has 0 fully saturated rings. The molecule has 0 N–H and O–H groups in total. The van der Waals surface area contributed by atoms with E-state index in [4.69, 9.17) is 4.74 Å². The molecule has 0 bridgehead atoms. The molecule has 0 aromatic heterocycles. The molecular weight excluding hydrogens is 124 g/mol.